The fourth-order valence-electron chi connectivity index (χ4n) is 1.57. The Kier molecular flexibility index (Phi) is 5.64. The van der Waals surface area contributed by atoms with Crippen molar-refractivity contribution in [3.8, 4) is 5.95 Å². The number of rotatable bonds is 6. The van der Waals surface area contributed by atoms with Crippen molar-refractivity contribution in [3.63, 3.8) is 0 Å². The molecule has 0 N–H and O–H groups in total. The lowest BCUT2D eigenvalue weighted by atomic mass is 10.2. The highest BCUT2D eigenvalue weighted by Crippen LogP contribution is 2.36. The van der Waals surface area contributed by atoms with Crippen LogP contribution in [0.4, 0.5) is 0 Å². The summed E-state index contributed by atoms with van der Waals surface area (Å²) in [5, 5.41) is 0.172. The van der Waals surface area contributed by atoms with Gasteiger partial charge in [-0.15, -0.1) is 0 Å². The molecule has 0 fully saturated rings. The lowest BCUT2D eigenvalue weighted by molar-refractivity contribution is 0.0594. The van der Waals surface area contributed by atoms with Crippen molar-refractivity contribution in [2.75, 3.05) is 20.8 Å². The predicted octanol–water partition coefficient (Wildman–Crippen LogP) is 3.64. The molecule has 0 spiro atoms. The van der Waals surface area contributed by atoms with Gasteiger partial charge in [0.15, 0.2) is 8.32 Å². The third kappa shape index (κ3) is 4.34. The molecule has 21 heavy (non-hydrogen) atoms. The molecule has 0 aliphatic rings. The van der Waals surface area contributed by atoms with Crippen LogP contribution in [0.5, 0.6) is 5.95 Å². The van der Waals surface area contributed by atoms with E-state index >= 15 is 0 Å². The molecule has 0 saturated carbocycles. The van der Waals surface area contributed by atoms with E-state index in [1.54, 1.807) is 6.07 Å². The lowest BCUT2D eigenvalue weighted by Gasteiger charge is -2.36. The minimum absolute atomic E-state index is 0.172. The van der Waals surface area contributed by atoms with Crippen LogP contribution in [0, 0.1) is 0 Å². The maximum atomic E-state index is 11.6. The quantitative estimate of drug-likeness (QED) is 0.592. The lowest BCUT2D eigenvalue weighted by Crippen LogP contribution is -2.41. The van der Waals surface area contributed by atoms with Crippen molar-refractivity contribution < 1.29 is 23.1 Å². The summed E-state index contributed by atoms with van der Waals surface area (Å²) in [5.74, 6) is 0.377. The van der Waals surface area contributed by atoms with Crippen molar-refractivity contribution in [2.24, 2.45) is 0 Å². The summed E-state index contributed by atoms with van der Waals surface area (Å²) in [5.41, 5.74) is 0.308. The Balaban J connectivity index is 2.69. The van der Waals surface area contributed by atoms with Crippen LogP contribution in [0.3, 0.4) is 0 Å². The molecule has 1 heterocycles. The van der Waals surface area contributed by atoms with Crippen LogP contribution in [-0.4, -0.2) is 35.1 Å². The van der Waals surface area contributed by atoms with Gasteiger partial charge in [-0.05, 0) is 24.2 Å². The molecular weight excluding hydrogens is 288 g/mol. The average molecular weight is 314 g/mol. The molecule has 0 radical (unpaired) electrons. The summed E-state index contributed by atoms with van der Waals surface area (Å²) in [4.78, 5) is 11.6. The van der Waals surface area contributed by atoms with E-state index < -0.39 is 14.3 Å². The van der Waals surface area contributed by atoms with Crippen LogP contribution in [0.15, 0.2) is 10.5 Å². The molecule has 0 saturated heterocycles. The van der Waals surface area contributed by atoms with E-state index in [1.807, 2.05) is 0 Å². The summed E-state index contributed by atoms with van der Waals surface area (Å²) in [7, 11) is 1.02. The number of hydrogen-bond donors (Lipinski definition) is 0. The molecule has 1 aromatic heterocycles. The van der Waals surface area contributed by atoms with Crippen molar-refractivity contribution in [2.45, 2.75) is 45.3 Å². The second-order valence-electron chi connectivity index (χ2n) is 6.47. The summed E-state index contributed by atoms with van der Waals surface area (Å²) >= 11 is 0. The second kappa shape index (κ2) is 6.66. The number of hydrogen-bond acceptors (Lipinski definition) is 5. The summed E-state index contributed by atoms with van der Waals surface area (Å²) in [6, 6.07) is 1.65. The zero-order chi connectivity index (χ0) is 16.3. The van der Waals surface area contributed by atoms with E-state index in [4.69, 9.17) is 18.3 Å². The van der Waals surface area contributed by atoms with Gasteiger partial charge in [0.1, 0.15) is 11.3 Å². The molecular formula is C15H26O5Si. The highest BCUT2D eigenvalue weighted by atomic mass is 28.4. The smallest absolute Gasteiger partial charge is 0.345 e. The Hall–Kier alpha value is -1.27. The summed E-state index contributed by atoms with van der Waals surface area (Å²) in [6.45, 7) is 11.6. The molecule has 1 rings (SSSR count). The Morgan fingerprint density at radius 2 is 1.90 bits per heavy atom. The highest BCUT2D eigenvalue weighted by Gasteiger charge is 2.37. The predicted molar refractivity (Wildman–Crippen MR) is 83.5 cm³/mol. The third-order valence-corrected chi connectivity index (χ3v) is 8.50. The van der Waals surface area contributed by atoms with E-state index in [2.05, 4.69) is 33.9 Å². The number of furan rings is 1. The normalized spacial score (nSPS) is 12.3. The summed E-state index contributed by atoms with van der Waals surface area (Å²) in [6.07, 6.45) is 0.597. The van der Waals surface area contributed by atoms with Gasteiger partial charge in [0.05, 0.1) is 14.2 Å². The molecule has 0 atom stereocenters. The monoisotopic (exact) mass is 314 g/mol. The van der Waals surface area contributed by atoms with Gasteiger partial charge < -0.3 is 18.3 Å². The van der Waals surface area contributed by atoms with Gasteiger partial charge in [-0.3, -0.25) is 0 Å². The maximum absolute atomic E-state index is 11.6. The zero-order valence-electron chi connectivity index (χ0n) is 14.0. The van der Waals surface area contributed by atoms with Crippen LogP contribution in [0.1, 0.15) is 36.9 Å². The summed E-state index contributed by atoms with van der Waals surface area (Å²) < 4.78 is 21.3. The first kappa shape index (κ1) is 17.8. The molecule has 120 valence electrons. The van der Waals surface area contributed by atoms with Crippen molar-refractivity contribution in [1.82, 2.24) is 0 Å². The fourth-order valence-corrected chi connectivity index (χ4v) is 2.62. The number of carbonyl (C=O) groups excluding carboxylic acids is 1. The van der Waals surface area contributed by atoms with Crippen molar-refractivity contribution in [1.29, 1.82) is 0 Å². The topological polar surface area (TPSA) is 57.9 Å². The Labute approximate surface area is 127 Å². The minimum Gasteiger partial charge on any atom is -0.468 e. The maximum Gasteiger partial charge on any atom is 0.345 e. The Bertz CT molecular complexity index is 485. The molecule has 6 heteroatoms. The largest absolute Gasteiger partial charge is 0.468 e. The third-order valence-electron chi connectivity index (χ3n) is 3.96. The van der Waals surface area contributed by atoms with Gasteiger partial charge in [-0.2, -0.15) is 0 Å². The number of methoxy groups -OCH3 is 2. The van der Waals surface area contributed by atoms with Gasteiger partial charge in [0, 0.05) is 13.0 Å². The van der Waals surface area contributed by atoms with Gasteiger partial charge in [0.2, 0.25) is 0 Å². The van der Waals surface area contributed by atoms with Crippen LogP contribution in [-0.2, 0) is 15.6 Å². The standard InChI is InChI=1S/C15H26O5Si/c1-15(2,3)21(6,7)19-9-8-11-10-12(13(16)17-4)14(18-5)20-11/h10H,8-9H2,1-7H3. The van der Waals surface area contributed by atoms with Gasteiger partial charge in [-0.1, -0.05) is 20.8 Å². The molecule has 0 amide bonds. The van der Waals surface area contributed by atoms with Crippen LogP contribution < -0.4 is 4.74 Å². The van der Waals surface area contributed by atoms with Crippen LogP contribution in [0.25, 0.3) is 0 Å². The molecule has 0 unspecified atom stereocenters. The minimum atomic E-state index is -1.77. The number of ether oxygens (including phenoxy) is 2. The fraction of sp³-hybridized carbons (Fsp3) is 0.667. The molecule has 0 bridgehead atoms. The first-order valence-corrected chi connectivity index (χ1v) is 9.92. The number of carbonyl (C=O) groups is 1. The average Bonchev–Trinajstić information content (AvgIpc) is 2.79. The van der Waals surface area contributed by atoms with Gasteiger partial charge in [0.25, 0.3) is 5.95 Å². The van der Waals surface area contributed by atoms with Crippen molar-refractivity contribution >= 4 is 14.3 Å². The number of esters is 1. The molecule has 5 nitrogen and oxygen atoms in total. The van der Waals surface area contributed by atoms with E-state index in [-0.39, 0.29) is 11.0 Å². The van der Waals surface area contributed by atoms with E-state index in [0.29, 0.717) is 24.4 Å². The molecule has 0 aliphatic carbocycles. The zero-order valence-corrected chi connectivity index (χ0v) is 15.0. The first-order valence-electron chi connectivity index (χ1n) is 7.01. The molecule has 0 aromatic carbocycles. The molecule has 1 aromatic rings. The highest BCUT2D eigenvalue weighted by molar-refractivity contribution is 6.74. The second-order valence-corrected chi connectivity index (χ2v) is 11.3. The van der Waals surface area contributed by atoms with Crippen molar-refractivity contribution in [3.05, 3.63) is 17.4 Å². The SMILES string of the molecule is COC(=O)c1cc(CCO[Si](C)(C)C(C)(C)C)oc1OC. The van der Waals surface area contributed by atoms with E-state index in [1.165, 1.54) is 14.2 Å². The Morgan fingerprint density at radius 1 is 1.29 bits per heavy atom. The Morgan fingerprint density at radius 3 is 2.38 bits per heavy atom. The van der Waals surface area contributed by atoms with Gasteiger partial charge in [-0.25, -0.2) is 4.79 Å². The molecule has 0 aliphatic heterocycles. The van der Waals surface area contributed by atoms with E-state index in [0.717, 1.165) is 0 Å². The van der Waals surface area contributed by atoms with Gasteiger partial charge >= 0.3 is 5.97 Å². The van der Waals surface area contributed by atoms with Crippen LogP contribution in [0.2, 0.25) is 18.1 Å². The van der Waals surface area contributed by atoms with Crippen LogP contribution >= 0.6 is 0 Å². The van der Waals surface area contributed by atoms with E-state index in [9.17, 15) is 4.79 Å². The first-order chi connectivity index (χ1) is 9.62.